The Hall–Kier alpha value is -3.84. The summed E-state index contributed by atoms with van der Waals surface area (Å²) in [7, 11) is 1.66. The minimum absolute atomic E-state index is 0.0243. The molecule has 0 N–H and O–H groups in total. The van der Waals surface area contributed by atoms with Gasteiger partial charge in [0.1, 0.15) is 6.10 Å². The van der Waals surface area contributed by atoms with Crippen LogP contribution in [0.1, 0.15) is 41.3 Å². The van der Waals surface area contributed by atoms with Crippen molar-refractivity contribution in [2.24, 2.45) is 0 Å². The molecule has 5 rings (SSSR count). The second-order valence-corrected chi connectivity index (χ2v) is 10.8. The number of carbonyl (C=O) groups is 2. The number of hydrogen-bond acceptors (Lipinski definition) is 5. The zero-order chi connectivity index (χ0) is 28.1. The van der Waals surface area contributed by atoms with Crippen LogP contribution in [0.5, 0.6) is 11.5 Å². The standard InChI is InChI=1S/C33H39N3O4/c1-24-4-7-27(8-5-24)28-9-11-29(12-10-28)33(38)36-16-14-30(15-17-36)40-32-22-26(6-13-31(32)39-3)23-34-18-20-35(21-19-34)25(2)37/h4-13,22,30H,14-21,23H2,1-3H3. The van der Waals surface area contributed by atoms with Gasteiger partial charge in [-0.2, -0.15) is 0 Å². The first-order chi connectivity index (χ1) is 19.4. The summed E-state index contributed by atoms with van der Waals surface area (Å²) in [5.41, 5.74) is 5.37. The second kappa shape index (κ2) is 12.6. The Bertz CT molecular complexity index is 1310. The lowest BCUT2D eigenvalue weighted by molar-refractivity contribution is -0.130. The van der Waals surface area contributed by atoms with E-state index in [0.29, 0.717) is 18.7 Å². The van der Waals surface area contributed by atoms with Gasteiger partial charge in [0.15, 0.2) is 11.5 Å². The second-order valence-electron chi connectivity index (χ2n) is 10.8. The molecule has 2 saturated heterocycles. The van der Waals surface area contributed by atoms with Gasteiger partial charge in [-0.3, -0.25) is 14.5 Å². The van der Waals surface area contributed by atoms with Gasteiger partial charge >= 0.3 is 0 Å². The van der Waals surface area contributed by atoms with Crippen molar-refractivity contribution in [1.82, 2.24) is 14.7 Å². The number of piperazine rings is 1. The van der Waals surface area contributed by atoms with Crippen LogP contribution < -0.4 is 9.47 Å². The van der Waals surface area contributed by atoms with Gasteiger partial charge in [0, 0.05) is 71.1 Å². The Morgan fingerprint density at radius 3 is 2.00 bits per heavy atom. The number of hydrogen-bond donors (Lipinski definition) is 0. The highest BCUT2D eigenvalue weighted by molar-refractivity contribution is 5.94. The maximum Gasteiger partial charge on any atom is 0.253 e. The molecule has 0 spiro atoms. The first-order valence-electron chi connectivity index (χ1n) is 14.2. The molecule has 0 bridgehead atoms. The lowest BCUT2D eigenvalue weighted by Gasteiger charge is -2.34. The van der Waals surface area contributed by atoms with Crippen molar-refractivity contribution in [3.05, 3.63) is 83.4 Å². The van der Waals surface area contributed by atoms with Crippen LogP contribution in [0.2, 0.25) is 0 Å². The van der Waals surface area contributed by atoms with Gasteiger partial charge in [-0.15, -0.1) is 0 Å². The molecule has 2 heterocycles. The Morgan fingerprint density at radius 1 is 0.775 bits per heavy atom. The van der Waals surface area contributed by atoms with Gasteiger partial charge in [0.05, 0.1) is 7.11 Å². The molecule has 7 nitrogen and oxygen atoms in total. The fourth-order valence-corrected chi connectivity index (χ4v) is 5.48. The van der Waals surface area contributed by atoms with Crippen molar-refractivity contribution in [1.29, 1.82) is 0 Å². The van der Waals surface area contributed by atoms with Crippen LogP contribution in [0.25, 0.3) is 11.1 Å². The van der Waals surface area contributed by atoms with Gasteiger partial charge in [0.25, 0.3) is 5.91 Å². The van der Waals surface area contributed by atoms with E-state index in [2.05, 4.69) is 48.2 Å². The molecule has 2 aliphatic rings. The zero-order valence-electron chi connectivity index (χ0n) is 23.8. The third-order valence-corrected chi connectivity index (χ3v) is 7.99. The molecular weight excluding hydrogens is 502 g/mol. The molecule has 2 fully saturated rings. The highest BCUT2D eigenvalue weighted by Gasteiger charge is 2.26. The molecule has 0 aliphatic carbocycles. The summed E-state index contributed by atoms with van der Waals surface area (Å²) < 4.78 is 12.0. The van der Waals surface area contributed by atoms with Crippen LogP contribution in [0, 0.1) is 6.92 Å². The predicted molar refractivity (Wildman–Crippen MR) is 157 cm³/mol. The summed E-state index contributed by atoms with van der Waals surface area (Å²) in [4.78, 5) is 31.0. The molecule has 40 heavy (non-hydrogen) atoms. The van der Waals surface area contributed by atoms with Crippen LogP contribution in [-0.4, -0.2) is 79.0 Å². The van der Waals surface area contributed by atoms with Crippen LogP contribution in [-0.2, 0) is 11.3 Å². The van der Waals surface area contributed by atoms with Crippen LogP contribution in [0.15, 0.2) is 66.7 Å². The number of piperidine rings is 1. The summed E-state index contributed by atoms with van der Waals surface area (Å²) in [6.07, 6.45) is 1.57. The van der Waals surface area contributed by atoms with Gasteiger partial charge in [0.2, 0.25) is 5.91 Å². The lowest BCUT2D eigenvalue weighted by atomic mass is 10.0. The van der Waals surface area contributed by atoms with Gasteiger partial charge in [-0.05, 0) is 47.9 Å². The number of rotatable bonds is 7. The number of aryl methyl sites for hydroxylation is 1. The van der Waals surface area contributed by atoms with E-state index in [1.807, 2.05) is 40.1 Å². The van der Waals surface area contributed by atoms with Gasteiger partial charge in [-0.1, -0.05) is 48.0 Å². The lowest BCUT2D eigenvalue weighted by Crippen LogP contribution is -2.47. The normalized spacial score (nSPS) is 16.6. The largest absolute Gasteiger partial charge is 0.493 e. The van der Waals surface area contributed by atoms with Crippen molar-refractivity contribution >= 4 is 11.8 Å². The molecule has 0 aromatic heterocycles. The van der Waals surface area contributed by atoms with Crippen molar-refractivity contribution in [3.8, 4) is 22.6 Å². The third kappa shape index (κ3) is 6.65. The molecule has 2 amide bonds. The quantitative estimate of drug-likeness (QED) is 0.421. The summed E-state index contributed by atoms with van der Waals surface area (Å²) in [5, 5.41) is 0. The Balaban J connectivity index is 1.15. The van der Waals surface area contributed by atoms with E-state index in [9.17, 15) is 9.59 Å². The van der Waals surface area contributed by atoms with Gasteiger partial charge in [-0.25, -0.2) is 0 Å². The van der Waals surface area contributed by atoms with Crippen molar-refractivity contribution in [3.63, 3.8) is 0 Å². The first kappa shape index (κ1) is 27.7. The minimum atomic E-state index is 0.0243. The summed E-state index contributed by atoms with van der Waals surface area (Å²) in [6.45, 7) is 9.10. The average Bonchev–Trinajstić information content (AvgIpc) is 2.98. The number of likely N-dealkylation sites (tertiary alicyclic amines) is 1. The number of amides is 2. The van der Waals surface area contributed by atoms with Crippen LogP contribution in [0.4, 0.5) is 0 Å². The molecule has 3 aromatic rings. The molecule has 3 aromatic carbocycles. The van der Waals surface area contributed by atoms with E-state index in [1.54, 1.807) is 14.0 Å². The maximum atomic E-state index is 13.2. The van der Waals surface area contributed by atoms with Crippen LogP contribution in [0.3, 0.4) is 0 Å². The van der Waals surface area contributed by atoms with E-state index >= 15 is 0 Å². The number of ether oxygens (including phenoxy) is 2. The fourth-order valence-electron chi connectivity index (χ4n) is 5.48. The molecule has 7 heteroatoms. The molecule has 2 aliphatic heterocycles. The molecule has 0 radical (unpaired) electrons. The van der Waals surface area contributed by atoms with E-state index in [0.717, 1.165) is 73.8 Å². The van der Waals surface area contributed by atoms with Crippen molar-refractivity contribution < 1.29 is 19.1 Å². The molecule has 0 saturated carbocycles. The smallest absolute Gasteiger partial charge is 0.253 e. The zero-order valence-corrected chi connectivity index (χ0v) is 23.8. The highest BCUT2D eigenvalue weighted by Crippen LogP contribution is 2.32. The highest BCUT2D eigenvalue weighted by atomic mass is 16.5. The van der Waals surface area contributed by atoms with E-state index in [4.69, 9.17) is 9.47 Å². The summed E-state index contributed by atoms with van der Waals surface area (Å²) in [5.74, 6) is 1.68. The number of benzene rings is 3. The summed E-state index contributed by atoms with van der Waals surface area (Å²) >= 11 is 0. The third-order valence-electron chi connectivity index (χ3n) is 7.99. The molecule has 0 atom stereocenters. The van der Waals surface area contributed by atoms with Crippen molar-refractivity contribution in [2.75, 3.05) is 46.4 Å². The topological polar surface area (TPSA) is 62.3 Å². The molecule has 210 valence electrons. The Morgan fingerprint density at radius 2 is 1.40 bits per heavy atom. The van der Waals surface area contributed by atoms with E-state index in [-0.39, 0.29) is 17.9 Å². The molecule has 0 unspecified atom stereocenters. The Kier molecular flexibility index (Phi) is 8.70. The fraction of sp³-hybridized carbons (Fsp3) is 0.394. The SMILES string of the molecule is COc1ccc(CN2CCN(C(C)=O)CC2)cc1OC1CCN(C(=O)c2ccc(-c3ccc(C)cc3)cc2)CC1. The number of carbonyl (C=O) groups excluding carboxylic acids is 2. The first-order valence-corrected chi connectivity index (χ1v) is 14.2. The van der Waals surface area contributed by atoms with E-state index in [1.165, 1.54) is 5.56 Å². The van der Waals surface area contributed by atoms with Gasteiger partial charge < -0.3 is 19.3 Å². The predicted octanol–water partition coefficient (Wildman–Crippen LogP) is 5.02. The number of methoxy groups -OCH3 is 1. The van der Waals surface area contributed by atoms with Crippen LogP contribution >= 0.6 is 0 Å². The van der Waals surface area contributed by atoms with Crippen molar-refractivity contribution in [2.45, 2.75) is 39.3 Å². The Labute approximate surface area is 237 Å². The number of nitrogens with zero attached hydrogens (tertiary/aromatic N) is 3. The van der Waals surface area contributed by atoms with E-state index < -0.39 is 0 Å². The minimum Gasteiger partial charge on any atom is -0.493 e. The maximum absolute atomic E-state index is 13.2. The average molecular weight is 542 g/mol. The summed E-state index contributed by atoms with van der Waals surface area (Å²) in [6, 6.07) is 22.4. The monoisotopic (exact) mass is 541 g/mol. The molecular formula is C33H39N3O4.